The van der Waals surface area contributed by atoms with Gasteiger partial charge in [-0.25, -0.2) is 14.2 Å². The highest BCUT2D eigenvalue weighted by atomic mass is 35.5. The van der Waals surface area contributed by atoms with Gasteiger partial charge in [0.15, 0.2) is 6.61 Å². The number of hydrogen-bond donors (Lipinski definition) is 1. The fraction of sp³-hybridized carbons (Fsp3) is 0.105. The minimum Gasteiger partial charge on any atom is -0.452 e. The lowest BCUT2D eigenvalue weighted by molar-refractivity contribution is -0.124. The van der Waals surface area contributed by atoms with Gasteiger partial charge in [0.25, 0.3) is 5.91 Å². The van der Waals surface area contributed by atoms with Gasteiger partial charge in [0.05, 0.1) is 11.1 Å². The maximum Gasteiger partial charge on any atom is 0.339 e. The molecule has 3 aromatic rings. The SMILES string of the molecule is O=C(COC(=O)c1cc(Cl)nc2ccccc12)NCc1ccc(F)cc1. The Balaban J connectivity index is 1.60. The molecule has 0 aliphatic carbocycles. The van der Waals surface area contributed by atoms with Crippen molar-refractivity contribution in [3.63, 3.8) is 0 Å². The van der Waals surface area contributed by atoms with E-state index >= 15 is 0 Å². The average molecular weight is 373 g/mol. The van der Waals surface area contributed by atoms with Crippen molar-refractivity contribution < 1.29 is 18.7 Å². The smallest absolute Gasteiger partial charge is 0.339 e. The first-order valence-corrected chi connectivity index (χ1v) is 8.14. The van der Waals surface area contributed by atoms with E-state index in [1.807, 2.05) is 0 Å². The van der Waals surface area contributed by atoms with Crippen molar-refractivity contribution >= 4 is 34.4 Å². The molecule has 1 heterocycles. The molecule has 1 aromatic heterocycles. The van der Waals surface area contributed by atoms with Gasteiger partial charge in [-0.3, -0.25) is 4.79 Å². The van der Waals surface area contributed by atoms with Gasteiger partial charge < -0.3 is 10.1 Å². The Labute approximate surface area is 153 Å². The van der Waals surface area contributed by atoms with Crippen molar-refractivity contribution in [1.82, 2.24) is 10.3 Å². The number of nitrogens with one attached hydrogen (secondary N) is 1. The van der Waals surface area contributed by atoms with Crippen molar-refractivity contribution in [2.24, 2.45) is 0 Å². The second kappa shape index (κ2) is 7.93. The Hall–Kier alpha value is -2.99. The van der Waals surface area contributed by atoms with E-state index in [2.05, 4.69) is 10.3 Å². The molecule has 5 nitrogen and oxygen atoms in total. The molecule has 1 amide bonds. The molecule has 2 aromatic carbocycles. The Morgan fingerprint density at radius 1 is 1.12 bits per heavy atom. The van der Waals surface area contributed by atoms with Gasteiger partial charge in [-0.1, -0.05) is 41.9 Å². The van der Waals surface area contributed by atoms with Crippen molar-refractivity contribution in [3.05, 3.63) is 76.7 Å². The fourth-order valence-electron chi connectivity index (χ4n) is 2.37. The number of pyridine rings is 1. The lowest BCUT2D eigenvalue weighted by Gasteiger charge is -2.09. The molecule has 0 radical (unpaired) electrons. The Morgan fingerprint density at radius 2 is 1.85 bits per heavy atom. The third kappa shape index (κ3) is 4.34. The maximum atomic E-state index is 12.8. The maximum absolute atomic E-state index is 12.8. The number of nitrogens with zero attached hydrogens (tertiary/aromatic N) is 1. The molecule has 3 rings (SSSR count). The van der Waals surface area contributed by atoms with Crippen molar-refractivity contribution in [1.29, 1.82) is 0 Å². The van der Waals surface area contributed by atoms with E-state index in [4.69, 9.17) is 16.3 Å². The van der Waals surface area contributed by atoms with Crippen LogP contribution in [0.3, 0.4) is 0 Å². The molecule has 0 unspecified atom stereocenters. The van der Waals surface area contributed by atoms with Crippen LogP contribution < -0.4 is 5.32 Å². The van der Waals surface area contributed by atoms with Crippen LogP contribution in [0.1, 0.15) is 15.9 Å². The van der Waals surface area contributed by atoms with E-state index in [0.29, 0.717) is 10.9 Å². The second-order valence-corrected chi connectivity index (χ2v) is 5.88. The molecule has 26 heavy (non-hydrogen) atoms. The first-order chi connectivity index (χ1) is 12.5. The van der Waals surface area contributed by atoms with Crippen LogP contribution in [0.25, 0.3) is 10.9 Å². The number of ether oxygens (including phenoxy) is 1. The highest BCUT2D eigenvalue weighted by Crippen LogP contribution is 2.21. The van der Waals surface area contributed by atoms with Gasteiger partial charge in [0.1, 0.15) is 11.0 Å². The standard InChI is InChI=1S/C19H14ClFN2O3/c20-17-9-15(14-3-1-2-4-16(14)23-17)19(25)26-11-18(24)22-10-12-5-7-13(21)8-6-12/h1-9H,10-11H2,(H,22,24). The average Bonchev–Trinajstić information content (AvgIpc) is 2.65. The third-order valence-corrected chi connectivity index (χ3v) is 3.84. The number of carbonyl (C=O) groups excluding carboxylic acids is 2. The highest BCUT2D eigenvalue weighted by Gasteiger charge is 2.15. The number of fused-ring (bicyclic) bond motifs is 1. The summed E-state index contributed by atoms with van der Waals surface area (Å²) >= 11 is 5.93. The minimum atomic E-state index is -0.664. The van der Waals surface area contributed by atoms with Crippen LogP contribution in [0.2, 0.25) is 5.15 Å². The van der Waals surface area contributed by atoms with Crippen LogP contribution in [-0.4, -0.2) is 23.5 Å². The van der Waals surface area contributed by atoms with E-state index in [-0.39, 0.29) is 23.1 Å². The highest BCUT2D eigenvalue weighted by molar-refractivity contribution is 6.30. The Kier molecular flexibility index (Phi) is 5.43. The molecule has 0 bridgehead atoms. The number of aromatic nitrogens is 1. The van der Waals surface area contributed by atoms with E-state index in [0.717, 1.165) is 5.56 Å². The van der Waals surface area contributed by atoms with Crippen LogP contribution >= 0.6 is 11.6 Å². The first kappa shape index (κ1) is 17.8. The predicted molar refractivity (Wildman–Crippen MR) is 95.3 cm³/mol. The predicted octanol–water partition coefficient (Wildman–Crippen LogP) is 3.50. The first-order valence-electron chi connectivity index (χ1n) is 7.76. The zero-order valence-corrected chi connectivity index (χ0v) is 14.3. The summed E-state index contributed by atoms with van der Waals surface area (Å²) in [6.07, 6.45) is 0. The number of para-hydroxylation sites is 1. The molecule has 0 aliphatic heterocycles. The molecular weight excluding hydrogens is 359 g/mol. The molecule has 0 spiro atoms. The molecule has 7 heteroatoms. The van der Waals surface area contributed by atoms with Crippen LogP contribution in [-0.2, 0) is 16.1 Å². The van der Waals surface area contributed by atoms with Gasteiger partial charge >= 0.3 is 5.97 Å². The number of carbonyl (C=O) groups is 2. The van der Waals surface area contributed by atoms with E-state index < -0.39 is 18.5 Å². The summed E-state index contributed by atoms with van der Waals surface area (Å²) in [6, 6.07) is 14.1. The molecule has 0 saturated heterocycles. The van der Waals surface area contributed by atoms with Crippen molar-refractivity contribution in [2.75, 3.05) is 6.61 Å². The van der Waals surface area contributed by atoms with E-state index in [1.165, 1.54) is 18.2 Å². The zero-order valence-electron chi connectivity index (χ0n) is 13.5. The molecule has 0 atom stereocenters. The fourth-order valence-corrected chi connectivity index (χ4v) is 2.57. The molecule has 0 saturated carbocycles. The van der Waals surface area contributed by atoms with Gasteiger partial charge in [-0.15, -0.1) is 0 Å². The topological polar surface area (TPSA) is 68.3 Å². The number of halogens is 2. The Bertz CT molecular complexity index is 961. The molecule has 132 valence electrons. The summed E-state index contributed by atoms with van der Waals surface area (Å²) in [5.41, 5.74) is 1.54. The number of esters is 1. The van der Waals surface area contributed by atoms with Crippen molar-refractivity contribution in [3.8, 4) is 0 Å². The molecule has 0 aliphatic rings. The number of amides is 1. The summed E-state index contributed by atoms with van der Waals surface area (Å²) in [5, 5.41) is 3.35. The summed E-state index contributed by atoms with van der Waals surface area (Å²) in [6.45, 7) is -0.227. The molecule has 0 fully saturated rings. The van der Waals surface area contributed by atoms with Gasteiger partial charge in [-0.2, -0.15) is 0 Å². The third-order valence-electron chi connectivity index (χ3n) is 3.64. The quantitative estimate of drug-likeness (QED) is 0.549. The largest absolute Gasteiger partial charge is 0.452 e. The van der Waals surface area contributed by atoms with E-state index in [1.54, 1.807) is 36.4 Å². The lowest BCUT2D eigenvalue weighted by Crippen LogP contribution is -2.28. The van der Waals surface area contributed by atoms with Crippen LogP contribution in [0.15, 0.2) is 54.6 Å². The number of benzene rings is 2. The summed E-state index contributed by atoms with van der Waals surface area (Å²) in [4.78, 5) is 28.3. The summed E-state index contributed by atoms with van der Waals surface area (Å²) < 4.78 is 17.9. The van der Waals surface area contributed by atoms with Crippen LogP contribution in [0.4, 0.5) is 4.39 Å². The molecule has 1 N–H and O–H groups in total. The number of rotatable bonds is 5. The zero-order chi connectivity index (χ0) is 18.5. The summed E-state index contributed by atoms with van der Waals surface area (Å²) in [5.74, 6) is -1.48. The van der Waals surface area contributed by atoms with Gasteiger partial charge in [0, 0.05) is 11.9 Å². The summed E-state index contributed by atoms with van der Waals surface area (Å²) in [7, 11) is 0. The Morgan fingerprint density at radius 3 is 2.62 bits per heavy atom. The monoisotopic (exact) mass is 372 g/mol. The van der Waals surface area contributed by atoms with Gasteiger partial charge in [0.2, 0.25) is 0 Å². The number of hydrogen-bond acceptors (Lipinski definition) is 4. The van der Waals surface area contributed by atoms with Gasteiger partial charge in [-0.05, 0) is 29.8 Å². The van der Waals surface area contributed by atoms with Crippen molar-refractivity contribution in [2.45, 2.75) is 6.54 Å². The van der Waals surface area contributed by atoms with Crippen LogP contribution in [0.5, 0.6) is 0 Å². The molecular formula is C19H14ClFN2O3. The normalized spacial score (nSPS) is 10.5. The lowest BCUT2D eigenvalue weighted by atomic mass is 10.1. The second-order valence-electron chi connectivity index (χ2n) is 5.49. The van der Waals surface area contributed by atoms with Crippen LogP contribution in [0, 0.1) is 5.82 Å². The minimum absolute atomic E-state index is 0.163. The van der Waals surface area contributed by atoms with E-state index in [9.17, 15) is 14.0 Å².